The second-order valence-corrected chi connectivity index (χ2v) is 13.5. The van der Waals surface area contributed by atoms with Crippen LogP contribution in [0.1, 0.15) is 59.3 Å². The maximum Gasteiger partial charge on any atom is 0.339 e. The number of carbonyl (C=O) groups is 1. The molecule has 226 valence electrons. The van der Waals surface area contributed by atoms with E-state index < -0.39 is 16.0 Å². The van der Waals surface area contributed by atoms with Crippen molar-refractivity contribution in [2.75, 3.05) is 51.7 Å². The van der Waals surface area contributed by atoms with Crippen LogP contribution in [0, 0.1) is 0 Å². The van der Waals surface area contributed by atoms with Gasteiger partial charge in [-0.15, -0.1) is 0 Å². The van der Waals surface area contributed by atoms with Gasteiger partial charge in [-0.25, -0.2) is 22.5 Å². The van der Waals surface area contributed by atoms with E-state index in [1.54, 1.807) is 18.3 Å². The van der Waals surface area contributed by atoms with Crippen LogP contribution in [-0.2, 0) is 29.7 Å². The molecule has 0 unspecified atom stereocenters. The highest BCUT2D eigenvalue weighted by Crippen LogP contribution is 2.28. The molecule has 0 spiro atoms. The van der Waals surface area contributed by atoms with Crippen LogP contribution >= 0.6 is 0 Å². The Morgan fingerprint density at radius 3 is 1.95 bits per heavy atom. The molecule has 0 bridgehead atoms. The summed E-state index contributed by atoms with van der Waals surface area (Å²) in [6, 6.07) is 17.7. The number of nitrogens with zero attached hydrogens (tertiary/aromatic N) is 5. The lowest BCUT2D eigenvalue weighted by Gasteiger charge is -2.36. The predicted octanol–water partition coefficient (Wildman–Crippen LogP) is 4.50. The zero-order valence-corrected chi connectivity index (χ0v) is 26.1. The standard InChI is InChI=1S/C32H43N5O4S/c1-6-35(22-27-11-13-28(14-12-27)42(40,41)34(4)5)21-25-7-9-26(10-8-25)23-36-17-19-37(20-18-36)31-30(32(38)39)29(24(2)3)15-16-33-31/h7-16,24H,6,17-23H2,1-5H3,(H,38,39). The SMILES string of the molecule is CCN(Cc1ccc(CN2CCN(c3nccc(C(C)C)c3C(=O)O)CC2)cc1)Cc1ccc(S(=O)(=O)N(C)C)cc1. The number of rotatable bonds is 12. The van der Waals surface area contributed by atoms with Crippen molar-refractivity contribution in [2.24, 2.45) is 0 Å². The normalized spacial score (nSPS) is 14.7. The van der Waals surface area contributed by atoms with Gasteiger partial charge in [0.25, 0.3) is 0 Å². The summed E-state index contributed by atoms with van der Waals surface area (Å²) in [7, 11) is -0.349. The molecule has 1 saturated heterocycles. The number of hydrogen-bond donors (Lipinski definition) is 1. The van der Waals surface area contributed by atoms with Gasteiger partial charge in [0, 0.05) is 66.1 Å². The summed E-state index contributed by atoms with van der Waals surface area (Å²) >= 11 is 0. The van der Waals surface area contributed by atoms with Crippen molar-refractivity contribution in [3.05, 3.63) is 88.6 Å². The maximum atomic E-state index is 12.3. The quantitative estimate of drug-likeness (QED) is 0.328. The van der Waals surface area contributed by atoms with Crippen molar-refractivity contribution in [1.82, 2.24) is 19.1 Å². The van der Waals surface area contributed by atoms with E-state index in [1.807, 2.05) is 32.0 Å². The third kappa shape index (κ3) is 7.55. The molecule has 0 aliphatic carbocycles. The van der Waals surface area contributed by atoms with Crippen molar-refractivity contribution < 1.29 is 18.3 Å². The lowest BCUT2D eigenvalue weighted by Crippen LogP contribution is -2.46. The Bertz CT molecular complexity index is 1450. The Hall–Kier alpha value is -3.31. The fraction of sp³-hybridized carbons (Fsp3) is 0.438. The van der Waals surface area contributed by atoms with Crippen molar-refractivity contribution >= 4 is 21.8 Å². The second-order valence-electron chi connectivity index (χ2n) is 11.4. The lowest BCUT2D eigenvalue weighted by molar-refractivity contribution is 0.0695. The van der Waals surface area contributed by atoms with E-state index in [4.69, 9.17) is 0 Å². The number of carboxylic acids is 1. The molecular weight excluding hydrogens is 550 g/mol. The molecule has 3 aromatic rings. The van der Waals surface area contributed by atoms with Gasteiger partial charge in [0.2, 0.25) is 10.0 Å². The van der Waals surface area contributed by atoms with Gasteiger partial charge in [0.05, 0.1) is 4.90 Å². The van der Waals surface area contributed by atoms with E-state index in [9.17, 15) is 18.3 Å². The summed E-state index contributed by atoms with van der Waals surface area (Å²) < 4.78 is 25.9. The number of hydrogen-bond acceptors (Lipinski definition) is 7. The Labute approximate surface area is 250 Å². The third-order valence-electron chi connectivity index (χ3n) is 7.86. The summed E-state index contributed by atoms with van der Waals surface area (Å²) in [5.41, 5.74) is 4.71. The fourth-order valence-electron chi connectivity index (χ4n) is 5.30. The topological polar surface area (TPSA) is 97.3 Å². The van der Waals surface area contributed by atoms with Gasteiger partial charge in [0.1, 0.15) is 11.4 Å². The van der Waals surface area contributed by atoms with Gasteiger partial charge in [-0.1, -0.05) is 57.2 Å². The maximum absolute atomic E-state index is 12.3. The molecule has 2 aromatic carbocycles. The predicted molar refractivity (Wildman–Crippen MR) is 166 cm³/mol. The van der Waals surface area contributed by atoms with Crippen LogP contribution in [0.4, 0.5) is 5.82 Å². The number of piperazine rings is 1. The van der Waals surface area contributed by atoms with Crippen molar-refractivity contribution in [3.63, 3.8) is 0 Å². The van der Waals surface area contributed by atoms with Gasteiger partial charge >= 0.3 is 5.97 Å². The third-order valence-corrected chi connectivity index (χ3v) is 9.69. The number of pyridine rings is 1. The first-order chi connectivity index (χ1) is 20.0. The molecule has 2 heterocycles. The molecule has 42 heavy (non-hydrogen) atoms. The Morgan fingerprint density at radius 1 is 0.905 bits per heavy atom. The summed E-state index contributed by atoms with van der Waals surface area (Å²) in [4.78, 5) is 23.7. The average molecular weight is 594 g/mol. The zero-order chi connectivity index (χ0) is 30.4. The van der Waals surface area contributed by atoms with Crippen molar-refractivity contribution in [1.29, 1.82) is 0 Å². The number of aromatic carboxylic acids is 1. The minimum absolute atomic E-state index is 0.118. The van der Waals surface area contributed by atoms with E-state index in [-0.39, 0.29) is 5.92 Å². The molecule has 0 amide bonds. The lowest BCUT2D eigenvalue weighted by atomic mass is 9.98. The van der Waals surface area contributed by atoms with Crippen LogP contribution in [0.5, 0.6) is 0 Å². The van der Waals surface area contributed by atoms with E-state index in [1.165, 1.54) is 29.5 Å². The largest absolute Gasteiger partial charge is 0.478 e. The van der Waals surface area contributed by atoms with E-state index in [0.29, 0.717) is 16.3 Å². The number of benzene rings is 2. The van der Waals surface area contributed by atoms with Crippen molar-refractivity contribution in [2.45, 2.75) is 51.2 Å². The molecule has 4 rings (SSSR count). The average Bonchev–Trinajstić information content (AvgIpc) is 2.98. The van der Waals surface area contributed by atoms with Gasteiger partial charge in [-0.3, -0.25) is 9.80 Å². The molecule has 1 N–H and O–H groups in total. The van der Waals surface area contributed by atoms with Gasteiger partial charge in [0.15, 0.2) is 0 Å². The van der Waals surface area contributed by atoms with E-state index >= 15 is 0 Å². The molecule has 10 heteroatoms. The van der Waals surface area contributed by atoms with Crippen LogP contribution < -0.4 is 4.90 Å². The highest BCUT2D eigenvalue weighted by Gasteiger charge is 2.26. The number of aromatic nitrogens is 1. The smallest absolute Gasteiger partial charge is 0.339 e. The van der Waals surface area contributed by atoms with Crippen LogP contribution in [-0.4, -0.2) is 85.4 Å². The first kappa shape index (κ1) is 31.6. The second kappa shape index (κ2) is 13.8. The highest BCUT2D eigenvalue weighted by atomic mass is 32.2. The molecular formula is C32H43N5O4S. The molecule has 1 aliphatic heterocycles. The summed E-state index contributed by atoms with van der Waals surface area (Å²) in [6.45, 7) is 12.6. The summed E-state index contributed by atoms with van der Waals surface area (Å²) in [5.74, 6) is -0.223. The Balaban J connectivity index is 1.31. The van der Waals surface area contributed by atoms with Crippen LogP contribution in [0.15, 0.2) is 65.7 Å². The van der Waals surface area contributed by atoms with E-state index in [2.05, 4.69) is 50.9 Å². The fourth-order valence-corrected chi connectivity index (χ4v) is 6.21. The molecule has 0 saturated carbocycles. The van der Waals surface area contributed by atoms with Crippen LogP contribution in [0.3, 0.4) is 0 Å². The van der Waals surface area contributed by atoms with Gasteiger partial charge < -0.3 is 10.0 Å². The minimum atomic E-state index is -3.43. The van der Waals surface area contributed by atoms with Crippen molar-refractivity contribution in [3.8, 4) is 0 Å². The number of sulfonamides is 1. The monoisotopic (exact) mass is 593 g/mol. The molecule has 1 aliphatic rings. The van der Waals surface area contributed by atoms with Crippen LogP contribution in [0.2, 0.25) is 0 Å². The molecule has 9 nitrogen and oxygen atoms in total. The molecule has 1 aromatic heterocycles. The number of anilines is 1. The first-order valence-electron chi connectivity index (χ1n) is 14.5. The molecule has 0 radical (unpaired) electrons. The van der Waals surface area contributed by atoms with E-state index in [0.717, 1.165) is 63.5 Å². The van der Waals surface area contributed by atoms with Gasteiger partial charge in [-0.05, 0) is 52.9 Å². The zero-order valence-electron chi connectivity index (χ0n) is 25.3. The number of carboxylic acid groups (broad SMARTS) is 1. The highest BCUT2D eigenvalue weighted by molar-refractivity contribution is 7.89. The van der Waals surface area contributed by atoms with Crippen LogP contribution in [0.25, 0.3) is 0 Å². The Kier molecular flexibility index (Phi) is 10.4. The Morgan fingerprint density at radius 2 is 1.45 bits per heavy atom. The minimum Gasteiger partial charge on any atom is -0.478 e. The molecule has 1 fully saturated rings. The first-order valence-corrected chi connectivity index (χ1v) is 15.9. The summed E-state index contributed by atoms with van der Waals surface area (Å²) in [6.07, 6.45) is 1.72. The summed E-state index contributed by atoms with van der Waals surface area (Å²) in [5, 5.41) is 9.89. The molecule has 0 atom stereocenters. The van der Waals surface area contributed by atoms with Gasteiger partial charge in [-0.2, -0.15) is 0 Å².